The SMILES string of the molecule is COCc1cc(Cl)nc2cnc(N[C@H]3CC[C@H](NC(=O)OC(C)(C)C)CC3)nc12. The van der Waals surface area contributed by atoms with Crippen LogP contribution >= 0.6 is 11.6 Å². The number of aromatic nitrogens is 3. The van der Waals surface area contributed by atoms with Crippen LogP contribution in [0.3, 0.4) is 0 Å². The van der Waals surface area contributed by atoms with Crippen LogP contribution in [0.1, 0.15) is 52.0 Å². The first kappa shape index (κ1) is 21.5. The van der Waals surface area contributed by atoms with Crippen LogP contribution in [-0.4, -0.2) is 45.8 Å². The van der Waals surface area contributed by atoms with Crippen molar-refractivity contribution >= 4 is 34.7 Å². The number of amides is 1. The number of ether oxygens (including phenoxy) is 2. The second-order valence-corrected chi connectivity index (χ2v) is 8.69. The summed E-state index contributed by atoms with van der Waals surface area (Å²) in [6, 6.07) is 2.13. The highest BCUT2D eigenvalue weighted by atomic mass is 35.5. The van der Waals surface area contributed by atoms with Gasteiger partial charge in [0.1, 0.15) is 16.3 Å². The number of pyridine rings is 1. The number of carbonyl (C=O) groups excluding carboxylic acids is 1. The molecule has 2 aromatic rings. The molecule has 0 radical (unpaired) electrons. The van der Waals surface area contributed by atoms with E-state index in [2.05, 4.69) is 25.6 Å². The fraction of sp³-hybridized carbons (Fsp3) is 0.600. The highest BCUT2D eigenvalue weighted by Crippen LogP contribution is 2.24. The first-order valence-electron chi connectivity index (χ1n) is 9.80. The molecule has 29 heavy (non-hydrogen) atoms. The Kier molecular flexibility index (Phi) is 6.74. The molecule has 8 nitrogen and oxygen atoms in total. The zero-order valence-corrected chi connectivity index (χ0v) is 18.0. The van der Waals surface area contributed by atoms with E-state index in [9.17, 15) is 4.79 Å². The number of nitrogens with one attached hydrogen (secondary N) is 2. The molecule has 1 aliphatic carbocycles. The molecule has 1 fully saturated rings. The molecule has 0 atom stereocenters. The Labute approximate surface area is 175 Å². The zero-order chi connectivity index (χ0) is 21.0. The van der Waals surface area contributed by atoms with Crippen LogP contribution in [0.15, 0.2) is 12.3 Å². The summed E-state index contributed by atoms with van der Waals surface area (Å²) in [6.45, 7) is 5.98. The lowest BCUT2D eigenvalue weighted by Gasteiger charge is -2.30. The number of methoxy groups -OCH3 is 1. The van der Waals surface area contributed by atoms with Crippen molar-refractivity contribution in [3.63, 3.8) is 0 Å². The van der Waals surface area contributed by atoms with Crippen LogP contribution in [0.25, 0.3) is 11.0 Å². The van der Waals surface area contributed by atoms with Gasteiger partial charge in [-0.15, -0.1) is 0 Å². The third-order valence-electron chi connectivity index (χ3n) is 4.68. The number of carbonyl (C=O) groups is 1. The van der Waals surface area contributed by atoms with Crippen molar-refractivity contribution in [2.45, 2.75) is 70.7 Å². The summed E-state index contributed by atoms with van der Waals surface area (Å²) < 4.78 is 10.6. The minimum Gasteiger partial charge on any atom is -0.444 e. The number of halogens is 1. The number of anilines is 1. The maximum atomic E-state index is 11.9. The highest BCUT2D eigenvalue weighted by molar-refractivity contribution is 6.29. The van der Waals surface area contributed by atoms with E-state index in [1.165, 1.54) is 0 Å². The molecule has 0 aliphatic heterocycles. The van der Waals surface area contributed by atoms with E-state index in [-0.39, 0.29) is 18.2 Å². The Balaban J connectivity index is 1.59. The van der Waals surface area contributed by atoms with Gasteiger partial charge in [0.05, 0.1) is 18.3 Å². The molecular formula is C20H28ClN5O3. The maximum absolute atomic E-state index is 11.9. The van der Waals surface area contributed by atoms with Crippen LogP contribution in [-0.2, 0) is 16.1 Å². The van der Waals surface area contributed by atoms with Crippen molar-refractivity contribution < 1.29 is 14.3 Å². The number of hydrogen-bond donors (Lipinski definition) is 2. The van der Waals surface area contributed by atoms with Crippen LogP contribution in [0.4, 0.5) is 10.7 Å². The molecule has 2 heterocycles. The molecule has 0 unspecified atom stereocenters. The Morgan fingerprint density at radius 3 is 2.55 bits per heavy atom. The lowest BCUT2D eigenvalue weighted by Crippen LogP contribution is -2.42. The third-order valence-corrected chi connectivity index (χ3v) is 4.87. The Morgan fingerprint density at radius 1 is 1.21 bits per heavy atom. The average molecular weight is 422 g/mol. The second kappa shape index (κ2) is 9.09. The predicted octanol–water partition coefficient (Wildman–Crippen LogP) is 4.07. The zero-order valence-electron chi connectivity index (χ0n) is 17.3. The molecule has 1 saturated carbocycles. The fourth-order valence-electron chi connectivity index (χ4n) is 3.43. The first-order chi connectivity index (χ1) is 13.7. The monoisotopic (exact) mass is 421 g/mol. The van der Waals surface area contributed by atoms with Gasteiger partial charge in [0.15, 0.2) is 0 Å². The molecule has 2 N–H and O–H groups in total. The quantitative estimate of drug-likeness (QED) is 0.702. The van der Waals surface area contributed by atoms with Gasteiger partial charge in [0, 0.05) is 24.8 Å². The van der Waals surface area contributed by atoms with Crippen LogP contribution in [0, 0.1) is 0 Å². The summed E-state index contributed by atoms with van der Waals surface area (Å²) in [5.74, 6) is 0.558. The number of nitrogens with zero attached hydrogens (tertiary/aromatic N) is 3. The van der Waals surface area contributed by atoms with E-state index in [1.807, 2.05) is 20.8 Å². The first-order valence-corrected chi connectivity index (χ1v) is 10.2. The van der Waals surface area contributed by atoms with Gasteiger partial charge in [-0.2, -0.15) is 0 Å². The topological polar surface area (TPSA) is 98.3 Å². The molecule has 0 bridgehead atoms. The molecule has 1 amide bonds. The predicted molar refractivity (Wildman–Crippen MR) is 112 cm³/mol. The summed E-state index contributed by atoms with van der Waals surface area (Å²) in [5, 5.41) is 6.75. The standard InChI is InChI=1S/C20H28ClN5O3/c1-20(2,3)29-19(27)24-14-7-5-13(6-8-14)23-18-22-10-15-17(26-18)12(11-28-4)9-16(21)25-15/h9-10,13-14H,5-8,11H2,1-4H3,(H,24,27)(H,22,23,26)/t13-,14-. The summed E-state index contributed by atoms with van der Waals surface area (Å²) in [6.07, 6.45) is 4.87. The highest BCUT2D eigenvalue weighted by Gasteiger charge is 2.25. The average Bonchev–Trinajstić information content (AvgIpc) is 2.62. The van der Waals surface area contributed by atoms with E-state index < -0.39 is 5.60 Å². The number of rotatable bonds is 5. The number of alkyl carbamates (subject to hydrolysis) is 1. The Bertz CT molecular complexity index is 863. The third kappa shape index (κ3) is 6.14. The molecule has 9 heteroatoms. The summed E-state index contributed by atoms with van der Waals surface area (Å²) in [5.41, 5.74) is 1.75. The summed E-state index contributed by atoms with van der Waals surface area (Å²) in [7, 11) is 1.63. The van der Waals surface area contributed by atoms with E-state index >= 15 is 0 Å². The Hall–Kier alpha value is -2.19. The molecule has 2 aromatic heterocycles. The molecule has 1 aliphatic rings. The van der Waals surface area contributed by atoms with Crippen molar-refractivity contribution in [2.75, 3.05) is 12.4 Å². The molecular weight excluding hydrogens is 394 g/mol. The van der Waals surface area contributed by atoms with E-state index in [0.717, 1.165) is 36.8 Å². The van der Waals surface area contributed by atoms with E-state index in [0.29, 0.717) is 23.2 Å². The van der Waals surface area contributed by atoms with Crippen LogP contribution in [0.2, 0.25) is 5.15 Å². The van der Waals surface area contributed by atoms with Crippen molar-refractivity contribution in [3.8, 4) is 0 Å². The molecule has 0 saturated heterocycles. The minimum absolute atomic E-state index is 0.125. The number of hydrogen-bond acceptors (Lipinski definition) is 7. The van der Waals surface area contributed by atoms with Gasteiger partial charge in [-0.3, -0.25) is 0 Å². The molecule has 3 rings (SSSR count). The smallest absolute Gasteiger partial charge is 0.407 e. The van der Waals surface area contributed by atoms with Crippen molar-refractivity contribution in [3.05, 3.63) is 23.0 Å². The second-order valence-electron chi connectivity index (χ2n) is 8.30. The van der Waals surface area contributed by atoms with Gasteiger partial charge in [-0.05, 0) is 52.5 Å². The molecule has 0 spiro atoms. The fourth-order valence-corrected chi connectivity index (χ4v) is 3.65. The number of fused-ring (bicyclic) bond motifs is 1. The van der Waals surface area contributed by atoms with E-state index in [1.54, 1.807) is 19.4 Å². The summed E-state index contributed by atoms with van der Waals surface area (Å²) >= 11 is 6.06. The van der Waals surface area contributed by atoms with Gasteiger partial charge in [0.25, 0.3) is 0 Å². The van der Waals surface area contributed by atoms with Crippen LogP contribution in [0.5, 0.6) is 0 Å². The van der Waals surface area contributed by atoms with Gasteiger partial charge in [-0.25, -0.2) is 19.7 Å². The van der Waals surface area contributed by atoms with Crippen LogP contribution < -0.4 is 10.6 Å². The van der Waals surface area contributed by atoms with Gasteiger partial charge < -0.3 is 20.1 Å². The molecule has 0 aromatic carbocycles. The minimum atomic E-state index is -0.489. The normalized spacial score (nSPS) is 19.8. The lowest BCUT2D eigenvalue weighted by molar-refractivity contribution is 0.0492. The van der Waals surface area contributed by atoms with Gasteiger partial charge >= 0.3 is 6.09 Å². The Morgan fingerprint density at radius 2 is 1.90 bits per heavy atom. The van der Waals surface area contributed by atoms with Gasteiger partial charge in [-0.1, -0.05) is 11.6 Å². The van der Waals surface area contributed by atoms with Crippen molar-refractivity contribution in [2.24, 2.45) is 0 Å². The van der Waals surface area contributed by atoms with E-state index in [4.69, 9.17) is 21.1 Å². The van der Waals surface area contributed by atoms with Crippen molar-refractivity contribution in [1.82, 2.24) is 20.3 Å². The largest absolute Gasteiger partial charge is 0.444 e. The summed E-state index contributed by atoms with van der Waals surface area (Å²) in [4.78, 5) is 25.2. The van der Waals surface area contributed by atoms with Gasteiger partial charge in [0.2, 0.25) is 5.95 Å². The van der Waals surface area contributed by atoms with Crippen molar-refractivity contribution in [1.29, 1.82) is 0 Å². The maximum Gasteiger partial charge on any atom is 0.407 e. The molecule has 158 valence electrons. The lowest BCUT2D eigenvalue weighted by atomic mass is 9.91.